The fraction of sp³-hybridized carbons (Fsp3) is 0.375. The first-order valence-corrected chi connectivity index (χ1v) is 7.12. The molecule has 1 aliphatic rings. The van der Waals surface area contributed by atoms with Crippen molar-refractivity contribution in [1.29, 1.82) is 0 Å². The van der Waals surface area contributed by atoms with E-state index in [1.54, 1.807) is 0 Å². The number of halogens is 3. The molecule has 0 unspecified atom stereocenters. The van der Waals surface area contributed by atoms with Crippen LogP contribution >= 0.6 is 0 Å². The van der Waals surface area contributed by atoms with E-state index in [0.29, 0.717) is 5.56 Å². The van der Waals surface area contributed by atoms with Crippen molar-refractivity contribution in [3.05, 3.63) is 29.8 Å². The van der Waals surface area contributed by atoms with E-state index < -0.39 is 12.3 Å². The molecule has 0 spiro atoms. The van der Waals surface area contributed by atoms with Gasteiger partial charge in [0.15, 0.2) is 0 Å². The Morgan fingerprint density at radius 1 is 1.38 bits per heavy atom. The molecule has 1 fully saturated rings. The Bertz CT molecular complexity index is 650. The quantitative estimate of drug-likeness (QED) is 0.830. The molecule has 128 valence electrons. The summed E-state index contributed by atoms with van der Waals surface area (Å²) in [7, 11) is 0. The number of amides is 2. The van der Waals surface area contributed by atoms with Gasteiger partial charge in [-0.2, -0.15) is 0 Å². The van der Waals surface area contributed by atoms with Crippen molar-refractivity contribution >= 4 is 11.8 Å². The Hall–Kier alpha value is -2.69. The molecule has 1 aromatic carbocycles. The van der Waals surface area contributed by atoms with Crippen molar-refractivity contribution in [2.75, 3.05) is 13.1 Å². The lowest BCUT2D eigenvalue weighted by atomic mass is 10.1. The van der Waals surface area contributed by atoms with Gasteiger partial charge >= 0.3 is 6.36 Å². The second-order valence-corrected chi connectivity index (χ2v) is 5.29. The maximum absolute atomic E-state index is 12.1. The van der Waals surface area contributed by atoms with Crippen molar-refractivity contribution in [1.82, 2.24) is 10.2 Å². The van der Waals surface area contributed by atoms with Gasteiger partial charge in [-0.05, 0) is 17.7 Å². The number of nitrogens with one attached hydrogen (secondary N) is 1. The van der Waals surface area contributed by atoms with Gasteiger partial charge < -0.3 is 15.0 Å². The van der Waals surface area contributed by atoms with Crippen LogP contribution < -0.4 is 10.1 Å². The summed E-state index contributed by atoms with van der Waals surface area (Å²) in [5.74, 6) is 1.01. The highest BCUT2D eigenvalue weighted by Gasteiger charge is 2.34. The fourth-order valence-corrected chi connectivity index (χ4v) is 2.40. The zero-order valence-corrected chi connectivity index (χ0v) is 12.6. The second-order valence-electron chi connectivity index (χ2n) is 5.29. The molecule has 5 nitrogen and oxygen atoms in total. The zero-order valence-electron chi connectivity index (χ0n) is 12.6. The summed E-state index contributed by atoms with van der Waals surface area (Å²) in [6.07, 6.45) is 0.404. The second kappa shape index (κ2) is 7.25. The Labute approximate surface area is 136 Å². The molecular formula is C16H15F3N2O3. The number of hydrogen-bond donors (Lipinski definition) is 1. The van der Waals surface area contributed by atoms with Crippen molar-refractivity contribution in [3.8, 4) is 18.1 Å². The minimum atomic E-state index is -4.74. The van der Waals surface area contributed by atoms with E-state index in [1.165, 1.54) is 29.2 Å². The number of likely N-dealkylation sites (tertiary alicyclic amines) is 1. The molecule has 1 atom stereocenters. The number of hydrogen-bond acceptors (Lipinski definition) is 3. The average Bonchev–Trinajstić information content (AvgIpc) is 2.86. The molecule has 1 aromatic rings. The molecule has 0 aliphatic carbocycles. The Morgan fingerprint density at radius 3 is 2.62 bits per heavy atom. The van der Waals surface area contributed by atoms with E-state index in [-0.39, 0.29) is 43.6 Å². The van der Waals surface area contributed by atoms with Crippen LogP contribution in [0.3, 0.4) is 0 Å². The largest absolute Gasteiger partial charge is 0.573 e. The lowest BCUT2D eigenvalue weighted by molar-refractivity contribution is -0.274. The highest BCUT2D eigenvalue weighted by molar-refractivity contribution is 5.89. The highest BCUT2D eigenvalue weighted by Crippen LogP contribution is 2.24. The molecule has 2 amide bonds. The number of nitrogens with zero attached hydrogens (tertiary/aromatic N) is 1. The van der Waals surface area contributed by atoms with E-state index in [2.05, 4.69) is 16.0 Å². The standard InChI is InChI=1S/C16H15F3N2O3/c1-2-7-20-15(23)12-8-14(22)21(10-12)9-11-3-5-13(6-4-11)24-16(17,18)19/h1,3-6,12H,7-10H2,(H,20,23)/t12-/m0/s1. The van der Waals surface area contributed by atoms with Crippen LogP contribution in [-0.4, -0.2) is 36.2 Å². The van der Waals surface area contributed by atoms with Crippen LogP contribution in [0.4, 0.5) is 13.2 Å². The Morgan fingerprint density at radius 2 is 2.04 bits per heavy atom. The van der Waals surface area contributed by atoms with Gasteiger partial charge in [-0.1, -0.05) is 18.1 Å². The smallest absolute Gasteiger partial charge is 0.406 e. The predicted molar refractivity (Wildman–Crippen MR) is 78.5 cm³/mol. The third kappa shape index (κ3) is 4.91. The number of ether oxygens (including phenoxy) is 1. The minimum Gasteiger partial charge on any atom is -0.406 e. The maximum Gasteiger partial charge on any atom is 0.573 e. The summed E-state index contributed by atoms with van der Waals surface area (Å²) in [5.41, 5.74) is 0.641. The Kier molecular flexibility index (Phi) is 5.34. The van der Waals surface area contributed by atoms with Gasteiger partial charge in [-0.25, -0.2) is 0 Å². The summed E-state index contributed by atoms with van der Waals surface area (Å²) in [6.45, 7) is 0.560. The minimum absolute atomic E-state index is 0.0890. The van der Waals surface area contributed by atoms with Crippen molar-refractivity contribution in [2.24, 2.45) is 5.92 Å². The van der Waals surface area contributed by atoms with Crippen LogP contribution in [0.1, 0.15) is 12.0 Å². The van der Waals surface area contributed by atoms with E-state index in [1.807, 2.05) is 0 Å². The third-order valence-electron chi connectivity index (χ3n) is 3.48. The van der Waals surface area contributed by atoms with Gasteiger partial charge in [-0.3, -0.25) is 9.59 Å². The van der Waals surface area contributed by atoms with Crippen molar-refractivity contribution < 1.29 is 27.5 Å². The lowest BCUT2D eigenvalue weighted by Gasteiger charge is -2.17. The topological polar surface area (TPSA) is 58.6 Å². The molecule has 1 aliphatic heterocycles. The van der Waals surface area contributed by atoms with Crippen molar-refractivity contribution in [2.45, 2.75) is 19.3 Å². The summed E-state index contributed by atoms with van der Waals surface area (Å²) in [4.78, 5) is 25.3. The number of terminal acetylenes is 1. The lowest BCUT2D eigenvalue weighted by Crippen LogP contribution is -2.33. The molecule has 1 N–H and O–H groups in total. The molecule has 24 heavy (non-hydrogen) atoms. The highest BCUT2D eigenvalue weighted by atomic mass is 19.4. The first-order chi connectivity index (χ1) is 11.3. The van der Waals surface area contributed by atoms with E-state index >= 15 is 0 Å². The Balaban J connectivity index is 1.93. The van der Waals surface area contributed by atoms with E-state index in [0.717, 1.165) is 0 Å². The van der Waals surface area contributed by atoms with Crippen LogP contribution in [0.2, 0.25) is 0 Å². The molecule has 8 heteroatoms. The molecule has 1 heterocycles. The average molecular weight is 340 g/mol. The maximum atomic E-state index is 12.1. The van der Waals surface area contributed by atoms with Crippen LogP contribution in [0.5, 0.6) is 5.75 Å². The SMILES string of the molecule is C#CCNC(=O)[C@H]1CC(=O)N(Cc2ccc(OC(F)(F)F)cc2)C1. The van der Waals surface area contributed by atoms with E-state index in [4.69, 9.17) is 6.42 Å². The van der Waals surface area contributed by atoms with Gasteiger partial charge in [0.1, 0.15) is 5.75 Å². The molecular weight excluding hydrogens is 325 g/mol. The third-order valence-corrected chi connectivity index (χ3v) is 3.48. The normalized spacial score (nSPS) is 17.5. The zero-order chi connectivity index (χ0) is 17.7. The summed E-state index contributed by atoms with van der Waals surface area (Å²) >= 11 is 0. The van der Waals surface area contributed by atoms with Gasteiger partial charge in [0.2, 0.25) is 11.8 Å². The molecule has 0 radical (unpaired) electrons. The number of rotatable bonds is 5. The van der Waals surface area contributed by atoms with Crippen LogP contribution in [0.15, 0.2) is 24.3 Å². The first-order valence-electron chi connectivity index (χ1n) is 7.12. The summed E-state index contributed by atoms with van der Waals surface area (Å²) < 4.78 is 40.1. The molecule has 1 saturated heterocycles. The first kappa shape index (κ1) is 17.7. The molecule has 0 aromatic heterocycles. The summed E-state index contributed by atoms with van der Waals surface area (Å²) in [5, 5.41) is 2.53. The number of alkyl halides is 3. The molecule has 0 saturated carbocycles. The van der Waals surface area contributed by atoms with Crippen molar-refractivity contribution in [3.63, 3.8) is 0 Å². The van der Waals surface area contributed by atoms with E-state index in [9.17, 15) is 22.8 Å². The van der Waals surface area contributed by atoms with Crippen LogP contribution in [-0.2, 0) is 16.1 Å². The predicted octanol–water partition coefficient (Wildman–Crippen LogP) is 1.68. The molecule has 2 rings (SSSR count). The molecule has 0 bridgehead atoms. The fourth-order valence-electron chi connectivity index (χ4n) is 2.40. The monoisotopic (exact) mass is 340 g/mol. The van der Waals surface area contributed by atoms with Gasteiger partial charge in [0.25, 0.3) is 0 Å². The van der Waals surface area contributed by atoms with Gasteiger partial charge in [0, 0.05) is 19.5 Å². The number of benzene rings is 1. The summed E-state index contributed by atoms with van der Waals surface area (Å²) in [6, 6.07) is 5.25. The van der Waals surface area contributed by atoms with Crippen LogP contribution in [0.25, 0.3) is 0 Å². The number of carbonyl (C=O) groups excluding carboxylic acids is 2. The number of carbonyl (C=O) groups is 2. The van der Waals surface area contributed by atoms with Gasteiger partial charge in [0.05, 0.1) is 12.5 Å². The van der Waals surface area contributed by atoms with Crippen LogP contribution in [0, 0.1) is 18.3 Å². The van der Waals surface area contributed by atoms with Gasteiger partial charge in [-0.15, -0.1) is 19.6 Å².